The Morgan fingerprint density at radius 3 is 1.92 bits per heavy atom. The summed E-state index contributed by atoms with van der Waals surface area (Å²) in [5.74, 6) is 0. The number of benzene rings is 1. The summed E-state index contributed by atoms with van der Waals surface area (Å²) in [4.78, 5) is 16.5. The van der Waals surface area contributed by atoms with Gasteiger partial charge in [0.25, 0.3) is 0 Å². The Morgan fingerprint density at radius 1 is 0.962 bits per heavy atom. The van der Waals surface area contributed by atoms with Gasteiger partial charge >= 0.3 is 6.03 Å². The molecule has 1 fully saturated rings. The van der Waals surface area contributed by atoms with Gasteiger partial charge in [0.05, 0.1) is 12.1 Å². The smallest absolute Gasteiger partial charge is 0.322 e. The van der Waals surface area contributed by atoms with Crippen molar-refractivity contribution in [3.05, 3.63) is 35.9 Å². The van der Waals surface area contributed by atoms with Crippen LogP contribution in [0.25, 0.3) is 0 Å². The second-order valence-corrected chi connectivity index (χ2v) is 14.1. The van der Waals surface area contributed by atoms with Crippen LogP contribution >= 0.6 is 0 Å². The molecule has 0 spiro atoms. The van der Waals surface area contributed by atoms with Crippen LogP contribution in [0.5, 0.6) is 0 Å². The Bertz CT molecular complexity index is 665. The summed E-state index contributed by atoms with van der Waals surface area (Å²) >= 11 is 0. The van der Waals surface area contributed by atoms with E-state index in [9.17, 15) is 4.79 Å². The highest BCUT2D eigenvalue weighted by Gasteiger charge is 2.44. The van der Waals surface area contributed by atoms with Gasteiger partial charge in [0.15, 0.2) is 0 Å². The summed E-state index contributed by atoms with van der Waals surface area (Å²) in [6, 6.07) is 13.8. The Kier molecular flexibility index (Phi) is 6.23. The molecule has 2 atom stereocenters. The van der Waals surface area contributed by atoms with Crippen LogP contribution in [0.15, 0.2) is 30.3 Å². The molecule has 2 amide bonds. The average Bonchev–Trinajstić information content (AvgIpc) is 2.79. The SMILES string of the molecule is CC(C)[Si](C#CN1C(=O)N(C)[C@@H](C)[C@H]1c1ccccc1)(C(C)C)C(C)C. The zero-order chi connectivity index (χ0) is 19.6. The average molecular weight is 371 g/mol. The van der Waals surface area contributed by atoms with Crippen molar-refractivity contribution in [1.29, 1.82) is 0 Å². The minimum Gasteiger partial charge on any atom is -0.322 e. The second kappa shape index (κ2) is 7.88. The van der Waals surface area contributed by atoms with E-state index in [2.05, 4.69) is 72.2 Å². The van der Waals surface area contributed by atoms with Crippen LogP contribution in [0.2, 0.25) is 16.6 Å². The molecule has 4 heteroatoms. The van der Waals surface area contributed by atoms with Crippen LogP contribution in [0.4, 0.5) is 4.79 Å². The fraction of sp³-hybridized carbons (Fsp3) is 0.591. The number of carbonyl (C=O) groups is 1. The molecule has 0 N–H and O–H groups in total. The molecule has 3 nitrogen and oxygen atoms in total. The van der Waals surface area contributed by atoms with E-state index in [4.69, 9.17) is 0 Å². The van der Waals surface area contributed by atoms with Crippen molar-refractivity contribution in [3.8, 4) is 11.6 Å². The van der Waals surface area contributed by atoms with Gasteiger partial charge in [0.2, 0.25) is 0 Å². The highest BCUT2D eigenvalue weighted by molar-refractivity contribution is 6.90. The van der Waals surface area contributed by atoms with Gasteiger partial charge in [-0.25, -0.2) is 9.69 Å². The molecule has 0 aliphatic carbocycles. The first kappa shape index (κ1) is 20.6. The fourth-order valence-corrected chi connectivity index (χ4v) is 9.86. The molecule has 2 rings (SSSR count). The van der Waals surface area contributed by atoms with Gasteiger partial charge in [0, 0.05) is 13.1 Å². The highest BCUT2D eigenvalue weighted by atomic mass is 28.3. The minimum atomic E-state index is -1.87. The van der Waals surface area contributed by atoms with E-state index >= 15 is 0 Å². The molecular weight excluding hydrogens is 336 g/mol. The van der Waals surface area contributed by atoms with E-state index in [1.807, 2.05) is 30.1 Å². The van der Waals surface area contributed by atoms with Gasteiger partial charge in [0.1, 0.15) is 8.07 Å². The number of hydrogen-bond donors (Lipinski definition) is 0. The maximum atomic E-state index is 12.9. The molecule has 0 aromatic heterocycles. The molecule has 142 valence electrons. The lowest BCUT2D eigenvalue weighted by Crippen LogP contribution is -2.44. The van der Waals surface area contributed by atoms with Gasteiger partial charge in [-0.05, 0) is 29.1 Å². The first-order chi connectivity index (χ1) is 12.1. The van der Waals surface area contributed by atoms with E-state index in [0.29, 0.717) is 16.6 Å². The van der Waals surface area contributed by atoms with E-state index in [1.54, 1.807) is 4.90 Å². The minimum absolute atomic E-state index is 0.0121. The predicted octanol–water partition coefficient (Wildman–Crippen LogP) is 5.66. The molecule has 1 saturated heterocycles. The summed E-state index contributed by atoms with van der Waals surface area (Å²) < 4.78 is 0. The van der Waals surface area contributed by atoms with Crippen molar-refractivity contribution >= 4 is 14.1 Å². The van der Waals surface area contributed by atoms with Crippen molar-refractivity contribution in [2.45, 2.75) is 77.2 Å². The molecule has 1 aromatic rings. The number of amides is 2. The van der Waals surface area contributed by atoms with Crippen LogP contribution < -0.4 is 0 Å². The molecule has 1 aliphatic rings. The van der Waals surface area contributed by atoms with Crippen molar-refractivity contribution < 1.29 is 4.79 Å². The summed E-state index contributed by atoms with van der Waals surface area (Å²) in [7, 11) is 0.00481. The van der Waals surface area contributed by atoms with E-state index in [1.165, 1.54) is 0 Å². The molecule has 1 heterocycles. The third kappa shape index (κ3) is 3.42. The zero-order valence-electron chi connectivity index (χ0n) is 17.6. The normalized spacial score (nSPS) is 21.0. The first-order valence-electron chi connectivity index (χ1n) is 9.78. The third-order valence-electron chi connectivity index (χ3n) is 6.25. The van der Waals surface area contributed by atoms with E-state index in [-0.39, 0.29) is 18.1 Å². The van der Waals surface area contributed by atoms with Gasteiger partial charge in [-0.2, -0.15) is 0 Å². The Morgan fingerprint density at radius 2 is 1.46 bits per heavy atom. The third-order valence-corrected chi connectivity index (χ3v) is 12.5. The second-order valence-electron chi connectivity index (χ2n) is 8.49. The summed E-state index contributed by atoms with van der Waals surface area (Å²) in [5.41, 5.74) is 6.52. The Labute approximate surface area is 160 Å². The molecule has 0 saturated carbocycles. The Balaban J connectivity index is 2.52. The quantitative estimate of drug-likeness (QED) is 0.495. The fourth-order valence-electron chi connectivity index (χ4n) is 4.68. The van der Waals surface area contributed by atoms with E-state index < -0.39 is 8.07 Å². The number of likely N-dealkylation sites (N-methyl/N-ethyl adjacent to an activating group) is 1. The monoisotopic (exact) mass is 370 g/mol. The molecule has 0 unspecified atom stereocenters. The van der Waals surface area contributed by atoms with Crippen molar-refractivity contribution in [2.75, 3.05) is 7.05 Å². The lowest BCUT2D eigenvalue weighted by atomic mass is 10.0. The van der Waals surface area contributed by atoms with Gasteiger partial charge in [-0.3, -0.25) is 0 Å². The van der Waals surface area contributed by atoms with Crippen LogP contribution in [0, 0.1) is 11.6 Å². The van der Waals surface area contributed by atoms with Gasteiger partial charge in [-0.15, -0.1) is 5.54 Å². The predicted molar refractivity (Wildman–Crippen MR) is 112 cm³/mol. The first-order valence-corrected chi connectivity index (χ1v) is 12.0. The van der Waals surface area contributed by atoms with Crippen LogP contribution in [0.1, 0.15) is 60.1 Å². The van der Waals surface area contributed by atoms with Crippen LogP contribution in [-0.4, -0.2) is 37.0 Å². The topological polar surface area (TPSA) is 23.6 Å². The maximum absolute atomic E-state index is 12.9. The lowest BCUT2D eigenvalue weighted by molar-refractivity contribution is 0.206. The number of hydrogen-bond acceptors (Lipinski definition) is 1. The highest BCUT2D eigenvalue weighted by Crippen LogP contribution is 2.41. The number of rotatable bonds is 4. The Hall–Kier alpha value is -1.73. The van der Waals surface area contributed by atoms with Crippen LogP contribution in [0.3, 0.4) is 0 Å². The molecular formula is C22H34N2OSi. The molecule has 26 heavy (non-hydrogen) atoms. The molecule has 1 aromatic carbocycles. The summed E-state index contributed by atoms with van der Waals surface area (Å²) in [6.45, 7) is 15.9. The molecule has 0 bridgehead atoms. The maximum Gasteiger partial charge on any atom is 0.332 e. The summed E-state index contributed by atoms with van der Waals surface area (Å²) in [5, 5.41) is 0. The molecule has 0 radical (unpaired) electrons. The van der Waals surface area contributed by atoms with Crippen molar-refractivity contribution in [1.82, 2.24) is 9.80 Å². The number of nitrogens with zero attached hydrogens (tertiary/aromatic N) is 2. The van der Waals surface area contributed by atoms with E-state index in [0.717, 1.165) is 5.56 Å². The van der Waals surface area contributed by atoms with Crippen molar-refractivity contribution in [3.63, 3.8) is 0 Å². The number of carbonyl (C=O) groups excluding carboxylic acids is 1. The van der Waals surface area contributed by atoms with Crippen molar-refractivity contribution in [2.24, 2.45) is 0 Å². The van der Waals surface area contributed by atoms with Gasteiger partial charge < -0.3 is 4.90 Å². The lowest BCUT2D eigenvalue weighted by Gasteiger charge is -2.38. The summed E-state index contributed by atoms with van der Waals surface area (Å²) in [6.07, 6.45) is 0. The standard InChI is InChI=1S/C22H34N2OSi/c1-16(2)26(17(3)4,18(5)6)15-14-24-21(19(7)23(8)22(24)25)20-12-10-9-11-13-20/h9-13,16-19,21H,1-8H3/t19-,21-/m0/s1. The van der Waals surface area contributed by atoms with Crippen LogP contribution in [-0.2, 0) is 0 Å². The van der Waals surface area contributed by atoms with Gasteiger partial charge in [-0.1, -0.05) is 71.9 Å². The number of urea groups is 1. The zero-order valence-corrected chi connectivity index (χ0v) is 18.6. The largest absolute Gasteiger partial charge is 0.332 e. The molecule has 1 aliphatic heterocycles.